The number of carbonyl (C=O) groups excluding carboxylic acids is 2. The Bertz CT molecular complexity index is 804. The standard InChI is InChI=1S/C18H24ClN3O4S/c19-15-3-5-16(6-4-15)27(25,26)22-9-1-2-14(12-22)18(24)21-10-7-13(8-11-21)17(20)23/h3-6,13-14H,1-2,7-12H2,(H2,20,23). The summed E-state index contributed by atoms with van der Waals surface area (Å²) in [7, 11) is -3.65. The van der Waals surface area contributed by atoms with E-state index in [9.17, 15) is 18.0 Å². The molecule has 1 atom stereocenters. The molecule has 0 aliphatic carbocycles. The fourth-order valence-corrected chi connectivity index (χ4v) is 5.41. The lowest BCUT2D eigenvalue weighted by atomic mass is 9.93. The fourth-order valence-electron chi connectivity index (χ4n) is 3.76. The Labute approximate surface area is 164 Å². The van der Waals surface area contributed by atoms with Crippen LogP contribution >= 0.6 is 11.6 Å². The summed E-state index contributed by atoms with van der Waals surface area (Å²) in [5.41, 5.74) is 5.34. The molecule has 2 heterocycles. The van der Waals surface area contributed by atoms with Crippen molar-refractivity contribution in [1.82, 2.24) is 9.21 Å². The maximum Gasteiger partial charge on any atom is 0.243 e. The van der Waals surface area contributed by atoms with Crippen LogP contribution in [0.3, 0.4) is 0 Å². The third kappa shape index (κ3) is 4.44. The van der Waals surface area contributed by atoms with Gasteiger partial charge in [-0.3, -0.25) is 9.59 Å². The van der Waals surface area contributed by atoms with Crippen LogP contribution in [0.4, 0.5) is 0 Å². The number of primary amides is 1. The SMILES string of the molecule is NC(=O)C1CCN(C(=O)C2CCCN(S(=O)(=O)c3ccc(Cl)cc3)C2)CC1. The largest absolute Gasteiger partial charge is 0.369 e. The summed E-state index contributed by atoms with van der Waals surface area (Å²) < 4.78 is 27.1. The van der Waals surface area contributed by atoms with E-state index >= 15 is 0 Å². The van der Waals surface area contributed by atoms with Gasteiger partial charge in [0.1, 0.15) is 0 Å². The fraction of sp³-hybridized carbons (Fsp3) is 0.556. The molecule has 2 aliphatic rings. The second kappa shape index (κ2) is 8.16. The molecule has 0 spiro atoms. The molecular formula is C18H24ClN3O4S. The lowest BCUT2D eigenvalue weighted by molar-refractivity contribution is -0.139. The van der Waals surface area contributed by atoms with Crippen LogP contribution in [0.25, 0.3) is 0 Å². The molecule has 7 nitrogen and oxygen atoms in total. The number of hydrogen-bond donors (Lipinski definition) is 1. The van der Waals surface area contributed by atoms with Gasteiger partial charge < -0.3 is 10.6 Å². The zero-order valence-corrected chi connectivity index (χ0v) is 16.6. The van der Waals surface area contributed by atoms with Gasteiger partial charge in [0.2, 0.25) is 21.8 Å². The van der Waals surface area contributed by atoms with Gasteiger partial charge in [-0.2, -0.15) is 4.31 Å². The predicted octanol–water partition coefficient (Wildman–Crippen LogP) is 1.46. The number of amides is 2. The van der Waals surface area contributed by atoms with E-state index in [-0.39, 0.29) is 35.1 Å². The van der Waals surface area contributed by atoms with Crippen LogP contribution in [-0.4, -0.2) is 55.6 Å². The Kier molecular flexibility index (Phi) is 6.08. The highest BCUT2D eigenvalue weighted by Gasteiger charge is 2.36. The molecule has 3 rings (SSSR count). The average Bonchev–Trinajstić information content (AvgIpc) is 2.68. The number of likely N-dealkylation sites (tertiary alicyclic amines) is 1. The summed E-state index contributed by atoms with van der Waals surface area (Å²) in [4.78, 5) is 26.1. The first kappa shape index (κ1) is 20.1. The summed E-state index contributed by atoms with van der Waals surface area (Å²) in [6, 6.07) is 6.06. The van der Waals surface area contributed by atoms with Crippen LogP contribution in [0, 0.1) is 11.8 Å². The normalized spacial score (nSPS) is 22.6. The second-order valence-corrected chi connectivity index (χ2v) is 9.53. The molecule has 148 valence electrons. The third-order valence-corrected chi connectivity index (χ3v) is 7.53. The van der Waals surface area contributed by atoms with E-state index in [1.165, 1.54) is 16.4 Å². The molecule has 0 radical (unpaired) electrons. The van der Waals surface area contributed by atoms with E-state index in [1.54, 1.807) is 17.0 Å². The van der Waals surface area contributed by atoms with Gasteiger partial charge in [0.05, 0.1) is 10.8 Å². The second-order valence-electron chi connectivity index (χ2n) is 7.16. The van der Waals surface area contributed by atoms with Gasteiger partial charge in [-0.15, -0.1) is 0 Å². The molecule has 27 heavy (non-hydrogen) atoms. The average molecular weight is 414 g/mol. The summed E-state index contributed by atoms with van der Waals surface area (Å²) in [5, 5.41) is 0.472. The number of sulfonamides is 1. The van der Waals surface area contributed by atoms with E-state index in [2.05, 4.69) is 0 Å². The first-order valence-corrected chi connectivity index (χ1v) is 10.9. The van der Waals surface area contributed by atoms with E-state index in [4.69, 9.17) is 17.3 Å². The van der Waals surface area contributed by atoms with Gasteiger partial charge >= 0.3 is 0 Å². The van der Waals surface area contributed by atoms with Crippen LogP contribution < -0.4 is 5.73 Å². The van der Waals surface area contributed by atoms with Crippen molar-refractivity contribution in [2.45, 2.75) is 30.6 Å². The highest BCUT2D eigenvalue weighted by atomic mass is 35.5. The minimum atomic E-state index is -3.65. The number of nitrogens with zero attached hydrogens (tertiary/aromatic N) is 2. The van der Waals surface area contributed by atoms with Gasteiger partial charge in [-0.25, -0.2) is 8.42 Å². The Morgan fingerprint density at radius 3 is 2.22 bits per heavy atom. The van der Waals surface area contributed by atoms with Crippen molar-refractivity contribution in [2.75, 3.05) is 26.2 Å². The number of rotatable bonds is 4. The summed E-state index contributed by atoms with van der Waals surface area (Å²) in [5.74, 6) is -0.887. The van der Waals surface area contributed by atoms with Crippen molar-refractivity contribution in [3.05, 3.63) is 29.3 Å². The minimum Gasteiger partial charge on any atom is -0.369 e. The topological polar surface area (TPSA) is 101 Å². The van der Waals surface area contributed by atoms with Crippen molar-refractivity contribution in [3.8, 4) is 0 Å². The monoisotopic (exact) mass is 413 g/mol. The summed E-state index contributed by atoms with van der Waals surface area (Å²) >= 11 is 5.84. The number of nitrogens with two attached hydrogens (primary N) is 1. The molecule has 0 aromatic heterocycles. The molecule has 2 fully saturated rings. The lowest BCUT2D eigenvalue weighted by Gasteiger charge is -2.37. The smallest absolute Gasteiger partial charge is 0.243 e. The number of piperidine rings is 2. The van der Waals surface area contributed by atoms with Gasteiger partial charge in [0, 0.05) is 37.1 Å². The summed E-state index contributed by atoms with van der Waals surface area (Å²) in [6.07, 6.45) is 2.45. The lowest BCUT2D eigenvalue weighted by Crippen LogP contribution is -2.49. The highest BCUT2D eigenvalue weighted by molar-refractivity contribution is 7.89. The first-order chi connectivity index (χ1) is 12.8. The highest BCUT2D eigenvalue weighted by Crippen LogP contribution is 2.27. The zero-order valence-electron chi connectivity index (χ0n) is 15.0. The molecule has 2 aliphatic heterocycles. The van der Waals surface area contributed by atoms with E-state index in [0.717, 1.165) is 0 Å². The van der Waals surface area contributed by atoms with Crippen LogP contribution in [0.5, 0.6) is 0 Å². The van der Waals surface area contributed by atoms with E-state index < -0.39 is 10.0 Å². The third-order valence-electron chi connectivity index (χ3n) is 5.39. The molecule has 2 N–H and O–H groups in total. The van der Waals surface area contributed by atoms with Crippen molar-refractivity contribution in [3.63, 3.8) is 0 Å². The maximum atomic E-state index is 12.9. The van der Waals surface area contributed by atoms with Gasteiger partial charge in [-0.05, 0) is 49.9 Å². The van der Waals surface area contributed by atoms with Gasteiger partial charge in [0.25, 0.3) is 0 Å². The molecule has 9 heteroatoms. The van der Waals surface area contributed by atoms with Gasteiger partial charge in [-0.1, -0.05) is 11.6 Å². The Morgan fingerprint density at radius 1 is 1.00 bits per heavy atom. The number of halogens is 1. The minimum absolute atomic E-state index is 0.0334. The quantitative estimate of drug-likeness (QED) is 0.807. The van der Waals surface area contributed by atoms with E-state index in [1.807, 2.05) is 0 Å². The van der Waals surface area contributed by atoms with E-state index in [0.29, 0.717) is 50.3 Å². The predicted molar refractivity (Wildman–Crippen MR) is 101 cm³/mol. The Balaban J connectivity index is 1.66. The molecule has 2 saturated heterocycles. The molecule has 0 saturated carbocycles. The zero-order chi connectivity index (χ0) is 19.6. The van der Waals surface area contributed by atoms with Crippen molar-refractivity contribution in [2.24, 2.45) is 17.6 Å². The summed E-state index contributed by atoms with van der Waals surface area (Å²) in [6.45, 7) is 1.57. The first-order valence-electron chi connectivity index (χ1n) is 9.13. The number of hydrogen-bond acceptors (Lipinski definition) is 4. The Morgan fingerprint density at radius 2 is 1.63 bits per heavy atom. The molecule has 1 aromatic rings. The molecule has 1 aromatic carbocycles. The van der Waals surface area contributed by atoms with Crippen molar-refractivity contribution >= 4 is 33.4 Å². The van der Waals surface area contributed by atoms with Crippen LogP contribution in [0.1, 0.15) is 25.7 Å². The molecule has 0 bridgehead atoms. The Hall–Kier alpha value is -1.64. The van der Waals surface area contributed by atoms with Crippen molar-refractivity contribution in [1.29, 1.82) is 0 Å². The number of benzene rings is 1. The molecular weight excluding hydrogens is 390 g/mol. The van der Waals surface area contributed by atoms with Crippen LogP contribution in [0.15, 0.2) is 29.2 Å². The van der Waals surface area contributed by atoms with Crippen molar-refractivity contribution < 1.29 is 18.0 Å². The van der Waals surface area contributed by atoms with Crippen LogP contribution in [-0.2, 0) is 19.6 Å². The van der Waals surface area contributed by atoms with Crippen LogP contribution in [0.2, 0.25) is 5.02 Å². The number of carbonyl (C=O) groups is 2. The molecule has 2 amide bonds. The van der Waals surface area contributed by atoms with Gasteiger partial charge in [0.15, 0.2) is 0 Å². The molecule has 1 unspecified atom stereocenters. The maximum absolute atomic E-state index is 12.9.